The summed E-state index contributed by atoms with van der Waals surface area (Å²) in [4.78, 5) is 15.7. The molecule has 0 saturated carbocycles. The molecule has 0 fully saturated rings. The number of halogens is 1. The summed E-state index contributed by atoms with van der Waals surface area (Å²) in [5, 5.41) is 2.57. The van der Waals surface area contributed by atoms with Gasteiger partial charge in [-0.1, -0.05) is 0 Å². The first-order chi connectivity index (χ1) is 10.8. The Balaban J connectivity index is 1.88. The molecule has 1 heterocycles. The highest BCUT2D eigenvalue weighted by Gasteiger charge is 2.15. The third-order valence-electron chi connectivity index (χ3n) is 3.11. The van der Waals surface area contributed by atoms with Gasteiger partial charge in [-0.05, 0) is 43.4 Å². The fraction of sp³-hybridized carbons (Fsp3) is 0.286. The number of nitrogens with one attached hydrogen (secondary N) is 2. The molecule has 9 heteroatoms. The molecule has 5 nitrogen and oxygen atoms in total. The van der Waals surface area contributed by atoms with E-state index < -0.39 is 15.7 Å². The van der Waals surface area contributed by atoms with Crippen LogP contribution in [0.2, 0.25) is 0 Å². The molecule has 23 heavy (non-hydrogen) atoms. The van der Waals surface area contributed by atoms with Gasteiger partial charge in [0.2, 0.25) is 5.91 Å². The summed E-state index contributed by atoms with van der Waals surface area (Å²) in [7, 11) is -3.55. The van der Waals surface area contributed by atoms with E-state index in [-0.39, 0.29) is 29.5 Å². The SMILES string of the molecule is Cc1[nH]c(=S)sc1CC(=O)NCCS(=O)(=O)c1ccc(F)cc1. The van der Waals surface area contributed by atoms with Gasteiger partial charge in [0.15, 0.2) is 13.8 Å². The Morgan fingerprint density at radius 1 is 1.35 bits per heavy atom. The average Bonchev–Trinajstić information content (AvgIpc) is 2.77. The van der Waals surface area contributed by atoms with Gasteiger partial charge >= 0.3 is 0 Å². The van der Waals surface area contributed by atoms with Crippen LogP contribution in [0.15, 0.2) is 29.2 Å². The summed E-state index contributed by atoms with van der Waals surface area (Å²) in [6, 6.07) is 4.60. The van der Waals surface area contributed by atoms with Crippen LogP contribution in [0.1, 0.15) is 10.6 Å². The third-order valence-corrected chi connectivity index (χ3v) is 6.18. The topological polar surface area (TPSA) is 79.0 Å². The molecule has 0 radical (unpaired) electrons. The second-order valence-corrected chi connectivity index (χ2v) is 8.74. The molecular formula is C14H15FN2O3S3. The van der Waals surface area contributed by atoms with Crippen molar-refractivity contribution in [1.29, 1.82) is 0 Å². The van der Waals surface area contributed by atoms with Crippen molar-refractivity contribution in [2.75, 3.05) is 12.3 Å². The van der Waals surface area contributed by atoms with E-state index in [0.29, 0.717) is 3.95 Å². The molecule has 1 aromatic heterocycles. The van der Waals surface area contributed by atoms with E-state index in [1.54, 1.807) is 0 Å². The standard InChI is InChI=1S/C14H15FN2O3S3/c1-9-12(22-14(21)17-9)8-13(18)16-6-7-23(19,20)11-4-2-10(15)3-5-11/h2-5H,6-8H2,1H3,(H,16,18)(H,17,21). The summed E-state index contributed by atoms with van der Waals surface area (Å²) in [6.07, 6.45) is 0.153. The number of amides is 1. The van der Waals surface area contributed by atoms with Gasteiger partial charge in [-0.2, -0.15) is 0 Å². The number of carbonyl (C=O) groups excluding carboxylic acids is 1. The number of aromatic amines is 1. The van der Waals surface area contributed by atoms with Crippen LogP contribution in [0, 0.1) is 16.7 Å². The van der Waals surface area contributed by atoms with Crippen LogP contribution in [-0.4, -0.2) is 31.6 Å². The Kier molecular flexibility index (Phi) is 5.66. The average molecular weight is 374 g/mol. The predicted octanol–water partition coefficient (Wildman–Crippen LogP) is 2.39. The van der Waals surface area contributed by atoms with Crippen LogP contribution in [0.3, 0.4) is 0 Å². The van der Waals surface area contributed by atoms with Crippen molar-refractivity contribution in [2.45, 2.75) is 18.2 Å². The maximum Gasteiger partial charge on any atom is 0.225 e. The van der Waals surface area contributed by atoms with Crippen molar-refractivity contribution in [3.05, 3.63) is 44.6 Å². The summed E-state index contributed by atoms with van der Waals surface area (Å²) < 4.78 is 37.5. The van der Waals surface area contributed by atoms with Gasteiger partial charge in [0.05, 0.1) is 17.1 Å². The van der Waals surface area contributed by atoms with Crippen LogP contribution in [-0.2, 0) is 21.1 Å². The molecule has 0 aliphatic carbocycles. The number of hydrogen-bond donors (Lipinski definition) is 2. The second-order valence-electron chi connectivity index (χ2n) is 4.86. The monoisotopic (exact) mass is 374 g/mol. The lowest BCUT2D eigenvalue weighted by molar-refractivity contribution is -0.120. The molecular weight excluding hydrogens is 359 g/mol. The number of carbonyl (C=O) groups is 1. The first kappa shape index (κ1) is 17.8. The lowest BCUT2D eigenvalue weighted by atomic mass is 10.3. The molecule has 0 aliphatic rings. The number of benzene rings is 1. The molecule has 124 valence electrons. The molecule has 0 spiro atoms. The first-order valence-corrected chi connectivity index (χ1v) is 9.59. The Morgan fingerprint density at radius 2 is 2.00 bits per heavy atom. The zero-order valence-corrected chi connectivity index (χ0v) is 14.7. The van der Waals surface area contributed by atoms with Gasteiger partial charge in [0.1, 0.15) is 5.82 Å². The van der Waals surface area contributed by atoms with E-state index in [1.807, 2.05) is 6.92 Å². The minimum Gasteiger partial charge on any atom is -0.355 e. The highest BCUT2D eigenvalue weighted by atomic mass is 32.2. The molecule has 0 bridgehead atoms. The molecule has 1 aromatic carbocycles. The maximum absolute atomic E-state index is 12.8. The van der Waals surface area contributed by atoms with Crippen LogP contribution in [0.5, 0.6) is 0 Å². The van der Waals surface area contributed by atoms with Crippen LogP contribution in [0.4, 0.5) is 4.39 Å². The fourth-order valence-corrected chi connectivity index (χ4v) is 4.35. The summed E-state index contributed by atoms with van der Waals surface area (Å²) >= 11 is 6.32. The van der Waals surface area contributed by atoms with E-state index in [0.717, 1.165) is 22.7 Å². The van der Waals surface area contributed by atoms with E-state index in [4.69, 9.17) is 12.2 Å². The maximum atomic E-state index is 12.8. The third kappa shape index (κ3) is 4.95. The molecule has 0 aliphatic heterocycles. The molecule has 2 N–H and O–H groups in total. The van der Waals surface area contributed by atoms with Gasteiger partial charge in [0.25, 0.3) is 0 Å². The van der Waals surface area contributed by atoms with Crippen LogP contribution >= 0.6 is 23.6 Å². The van der Waals surface area contributed by atoms with E-state index in [1.165, 1.54) is 23.5 Å². The van der Waals surface area contributed by atoms with Gasteiger partial charge in [-0.3, -0.25) is 4.79 Å². The summed E-state index contributed by atoms with van der Waals surface area (Å²) in [6.45, 7) is 1.82. The number of H-pyrrole nitrogens is 1. The second kappa shape index (κ2) is 7.33. The smallest absolute Gasteiger partial charge is 0.225 e. The van der Waals surface area contributed by atoms with Crippen molar-refractivity contribution < 1.29 is 17.6 Å². The Labute approximate surface area is 142 Å². The van der Waals surface area contributed by atoms with Gasteiger partial charge in [-0.15, -0.1) is 11.3 Å². The van der Waals surface area contributed by atoms with E-state index in [2.05, 4.69) is 10.3 Å². The van der Waals surface area contributed by atoms with Crippen molar-refractivity contribution >= 4 is 39.3 Å². The van der Waals surface area contributed by atoms with Gasteiger partial charge in [-0.25, -0.2) is 12.8 Å². The Morgan fingerprint density at radius 3 is 2.57 bits per heavy atom. The minimum absolute atomic E-state index is 0.00654. The fourth-order valence-electron chi connectivity index (χ4n) is 1.90. The number of thiazole rings is 1. The zero-order valence-electron chi connectivity index (χ0n) is 12.3. The summed E-state index contributed by atoms with van der Waals surface area (Å²) in [5.41, 5.74) is 0.842. The summed E-state index contributed by atoms with van der Waals surface area (Å²) in [5.74, 6) is -1.01. The number of sulfone groups is 1. The lowest BCUT2D eigenvalue weighted by Gasteiger charge is -2.06. The minimum atomic E-state index is -3.55. The Bertz CT molecular complexity index is 854. The number of aryl methyl sites for hydroxylation is 1. The van der Waals surface area contributed by atoms with Gasteiger partial charge < -0.3 is 10.3 Å². The zero-order chi connectivity index (χ0) is 17.0. The Hall–Kier alpha value is -1.58. The van der Waals surface area contributed by atoms with Crippen LogP contribution in [0.25, 0.3) is 0 Å². The van der Waals surface area contributed by atoms with Crippen LogP contribution < -0.4 is 5.32 Å². The molecule has 0 atom stereocenters. The molecule has 1 amide bonds. The van der Waals surface area contributed by atoms with Crippen molar-refractivity contribution in [2.24, 2.45) is 0 Å². The van der Waals surface area contributed by atoms with Crippen molar-refractivity contribution in [3.63, 3.8) is 0 Å². The van der Waals surface area contributed by atoms with E-state index >= 15 is 0 Å². The highest BCUT2D eigenvalue weighted by Crippen LogP contribution is 2.15. The van der Waals surface area contributed by atoms with Crippen molar-refractivity contribution in [1.82, 2.24) is 10.3 Å². The quantitative estimate of drug-likeness (QED) is 0.601. The molecule has 2 aromatic rings. The number of hydrogen-bond acceptors (Lipinski definition) is 5. The normalized spacial score (nSPS) is 11.4. The predicted molar refractivity (Wildman–Crippen MR) is 89.4 cm³/mol. The highest BCUT2D eigenvalue weighted by molar-refractivity contribution is 7.91. The first-order valence-electron chi connectivity index (χ1n) is 6.71. The largest absolute Gasteiger partial charge is 0.355 e. The molecule has 0 unspecified atom stereocenters. The van der Waals surface area contributed by atoms with Crippen molar-refractivity contribution in [3.8, 4) is 0 Å². The lowest BCUT2D eigenvalue weighted by Crippen LogP contribution is -2.30. The number of rotatable bonds is 6. The van der Waals surface area contributed by atoms with Gasteiger partial charge in [0, 0.05) is 17.1 Å². The van der Waals surface area contributed by atoms with E-state index in [9.17, 15) is 17.6 Å². The molecule has 0 saturated heterocycles. The molecule has 2 rings (SSSR count). The number of aromatic nitrogens is 1.